The van der Waals surface area contributed by atoms with Crippen LogP contribution in [-0.4, -0.2) is 0 Å². The fourth-order valence-corrected chi connectivity index (χ4v) is 2.27. The molecule has 0 atom stereocenters. The van der Waals surface area contributed by atoms with Gasteiger partial charge < -0.3 is 0 Å². The highest BCUT2D eigenvalue weighted by atomic mass is 35.6. The van der Waals surface area contributed by atoms with Crippen LogP contribution < -0.4 is 0 Å². The van der Waals surface area contributed by atoms with Gasteiger partial charge in [0, 0.05) is 5.56 Å². The molecule has 0 spiro atoms. The summed E-state index contributed by atoms with van der Waals surface area (Å²) in [4.78, 5) is 0. The second-order valence-electron chi connectivity index (χ2n) is 2.66. The third-order valence-corrected chi connectivity index (χ3v) is 3.66. The summed E-state index contributed by atoms with van der Waals surface area (Å²) in [6, 6.07) is 1.45. The second-order valence-corrected chi connectivity index (χ2v) is 6.10. The predicted octanol–water partition coefficient (Wildman–Crippen LogP) is 5.78. The highest BCUT2D eigenvalue weighted by Gasteiger charge is 2.28. The Labute approximate surface area is 112 Å². The molecule has 0 aliphatic rings. The van der Waals surface area contributed by atoms with E-state index in [0.717, 1.165) is 0 Å². The van der Waals surface area contributed by atoms with E-state index in [4.69, 9.17) is 69.6 Å². The van der Waals surface area contributed by atoms with Gasteiger partial charge in [0.2, 0.25) is 3.79 Å². The molecule has 0 saturated heterocycles. The van der Waals surface area contributed by atoms with E-state index in [0.29, 0.717) is 26.2 Å². The maximum atomic E-state index is 5.96. The van der Waals surface area contributed by atoms with Crippen LogP contribution in [0.15, 0.2) is 6.07 Å². The first-order valence-corrected chi connectivity index (χ1v) is 5.73. The van der Waals surface area contributed by atoms with Crippen molar-refractivity contribution in [3.8, 4) is 0 Å². The van der Waals surface area contributed by atoms with Crippen LogP contribution in [0.3, 0.4) is 0 Å². The van der Waals surface area contributed by atoms with Gasteiger partial charge in [0.25, 0.3) is 0 Å². The van der Waals surface area contributed by atoms with Crippen molar-refractivity contribution >= 4 is 69.6 Å². The van der Waals surface area contributed by atoms with Gasteiger partial charge in [-0.05, 0) is 18.6 Å². The first kappa shape index (κ1) is 13.0. The zero-order valence-electron chi connectivity index (χ0n) is 6.85. The largest absolute Gasteiger partial charge is 0.217 e. The lowest BCUT2D eigenvalue weighted by atomic mass is 10.1. The van der Waals surface area contributed by atoms with Crippen LogP contribution in [0.5, 0.6) is 0 Å². The van der Waals surface area contributed by atoms with E-state index in [1.165, 1.54) is 6.07 Å². The Hall–Kier alpha value is 0.960. The Bertz CT molecular complexity index is 365. The summed E-state index contributed by atoms with van der Waals surface area (Å²) >= 11 is 34.8. The quantitative estimate of drug-likeness (QED) is 0.420. The fourth-order valence-electron chi connectivity index (χ4n) is 0.937. The third-order valence-electron chi connectivity index (χ3n) is 1.68. The van der Waals surface area contributed by atoms with Crippen LogP contribution in [0.1, 0.15) is 11.1 Å². The lowest BCUT2D eigenvalue weighted by Gasteiger charge is -2.16. The van der Waals surface area contributed by atoms with E-state index in [2.05, 4.69) is 0 Å². The van der Waals surface area contributed by atoms with E-state index < -0.39 is 3.79 Å². The topological polar surface area (TPSA) is 0 Å². The summed E-state index contributed by atoms with van der Waals surface area (Å²) in [6.45, 7) is 1.70. The van der Waals surface area contributed by atoms with Gasteiger partial charge in [-0.1, -0.05) is 69.6 Å². The molecule has 1 aromatic rings. The molecule has 78 valence electrons. The second kappa shape index (κ2) is 4.45. The molecule has 0 aliphatic carbocycles. The van der Waals surface area contributed by atoms with Gasteiger partial charge in [-0.15, -0.1) is 0 Å². The molecule has 0 fully saturated rings. The first-order chi connectivity index (χ1) is 6.25. The molecular weight excluding hydrogens is 309 g/mol. The van der Waals surface area contributed by atoms with Crippen molar-refractivity contribution in [2.45, 2.75) is 10.7 Å². The average molecular weight is 313 g/mol. The fraction of sp³-hybridized carbons (Fsp3) is 0.250. The minimum atomic E-state index is -1.60. The Kier molecular flexibility index (Phi) is 4.14. The maximum Gasteiger partial charge on any atom is 0.217 e. The van der Waals surface area contributed by atoms with Crippen LogP contribution in [-0.2, 0) is 3.79 Å². The van der Waals surface area contributed by atoms with Gasteiger partial charge in [-0.25, -0.2) is 0 Å². The van der Waals surface area contributed by atoms with Crippen LogP contribution >= 0.6 is 69.6 Å². The van der Waals surface area contributed by atoms with Gasteiger partial charge >= 0.3 is 0 Å². The van der Waals surface area contributed by atoms with E-state index in [9.17, 15) is 0 Å². The highest BCUT2D eigenvalue weighted by Crippen LogP contribution is 2.46. The third kappa shape index (κ3) is 2.55. The number of rotatable bonds is 0. The summed E-state index contributed by atoms with van der Waals surface area (Å²) < 4.78 is -1.60. The van der Waals surface area contributed by atoms with Crippen LogP contribution in [0.2, 0.25) is 15.1 Å². The summed E-state index contributed by atoms with van der Waals surface area (Å²) in [5.74, 6) is 0. The molecule has 0 aliphatic heterocycles. The monoisotopic (exact) mass is 310 g/mol. The summed E-state index contributed by atoms with van der Waals surface area (Å²) in [5.41, 5.74) is 0.929. The van der Waals surface area contributed by atoms with Crippen molar-refractivity contribution in [3.05, 3.63) is 32.3 Å². The number of hydrogen-bond acceptors (Lipinski definition) is 0. The minimum absolute atomic E-state index is 0.315. The first-order valence-electron chi connectivity index (χ1n) is 3.46. The highest BCUT2D eigenvalue weighted by molar-refractivity contribution is 6.67. The molecule has 0 aromatic heterocycles. The molecule has 1 rings (SSSR count). The molecule has 6 heteroatoms. The molecule has 0 nitrogen and oxygen atoms in total. The number of halogens is 6. The van der Waals surface area contributed by atoms with Gasteiger partial charge in [-0.2, -0.15) is 0 Å². The molecule has 0 amide bonds. The molecule has 1 aromatic carbocycles. The van der Waals surface area contributed by atoms with E-state index >= 15 is 0 Å². The number of alkyl halides is 3. The average Bonchev–Trinajstić information content (AvgIpc) is 2.06. The smallest absolute Gasteiger partial charge is 0.0835 e. The van der Waals surface area contributed by atoms with Gasteiger partial charge in [0.05, 0.1) is 15.1 Å². The van der Waals surface area contributed by atoms with Gasteiger partial charge in [-0.3, -0.25) is 0 Å². The van der Waals surface area contributed by atoms with Crippen LogP contribution in [0.25, 0.3) is 0 Å². The Morgan fingerprint density at radius 3 is 1.93 bits per heavy atom. The Morgan fingerprint density at radius 2 is 1.50 bits per heavy atom. The lowest BCUT2D eigenvalue weighted by Crippen LogP contribution is -2.02. The van der Waals surface area contributed by atoms with Gasteiger partial charge in [0.1, 0.15) is 0 Å². The number of hydrogen-bond donors (Lipinski definition) is 0. The predicted molar refractivity (Wildman–Crippen MR) is 65.4 cm³/mol. The Balaban J connectivity index is 3.49. The zero-order valence-corrected chi connectivity index (χ0v) is 11.4. The normalized spacial score (nSPS) is 11.9. The zero-order chi connectivity index (χ0) is 11.1. The lowest BCUT2D eigenvalue weighted by molar-refractivity contribution is 1.22. The summed E-state index contributed by atoms with van der Waals surface area (Å²) in [5, 5.41) is 1.00. The van der Waals surface area contributed by atoms with Crippen molar-refractivity contribution < 1.29 is 0 Å². The molecule has 14 heavy (non-hydrogen) atoms. The van der Waals surface area contributed by atoms with Gasteiger partial charge in [0.15, 0.2) is 0 Å². The molecular formula is C8H4Cl6. The van der Waals surface area contributed by atoms with Crippen molar-refractivity contribution in [2.75, 3.05) is 0 Å². The van der Waals surface area contributed by atoms with Crippen molar-refractivity contribution in [2.24, 2.45) is 0 Å². The van der Waals surface area contributed by atoms with Crippen LogP contribution in [0.4, 0.5) is 0 Å². The molecule has 0 N–H and O–H groups in total. The Morgan fingerprint density at radius 1 is 1.00 bits per heavy atom. The van der Waals surface area contributed by atoms with Crippen LogP contribution in [0, 0.1) is 6.92 Å². The molecule has 0 saturated carbocycles. The van der Waals surface area contributed by atoms with Crippen molar-refractivity contribution in [1.82, 2.24) is 0 Å². The summed E-state index contributed by atoms with van der Waals surface area (Å²) in [7, 11) is 0. The van der Waals surface area contributed by atoms with E-state index in [-0.39, 0.29) is 0 Å². The summed E-state index contributed by atoms with van der Waals surface area (Å²) in [6.07, 6.45) is 0. The SMILES string of the molecule is Cc1c(Cl)c(Cl)cc(C(Cl)(Cl)Cl)c1Cl. The molecule has 0 bridgehead atoms. The molecule has 0 radical (unpaired) electrons. The number of benzene rings is 1. The maximum absolute atomic E-state index is 5.96. The standard InChI is InChI=1S/C8H4Cl6/c1-3-6(10)4(8(12,13)14)2-5(9)7(3)11/h2H,1H3. The molecule has 0 unspecified atom stereocenters. The van der Waals surface area contributed by atoms with Crippen molar-refractivity contribution in [1.29, 1.82) is 0 Å². The van der Waals surface area contributed by atoms with E-state index in [1.807, 2.05) is 0 Å². The molecule has 0 heterocycles. The van der Waals surface area contributed by atoms with Crippen molar-refractivity contribution in [3.63, 3.8) is 0 Å². The minimum Gasteiger partial charge on any atom is -0.0835 e. The van der Waals surface area contributed by atoms with E-state index in [1.54, 1.807) is 6.92 Å².